The van der Waals surface area contributed by atoms with E-state index in [1.165, 1.54) is 12.1 Å². The maximum Gasteiger partial charge on any atom is 0.416 e. The second-order valence-corrected chi connectivity index (χ2v) is 13.8. The molecule has 3 aliphatic rings. The lowest BCUT2D eigenvalue weighted by Crippen LogP contribution is -2.55. The first-order valence-corrected chi connectivity index (χ1v) is 18.7. The lowest BCUT2D eigenvalue weighted by Gasteiger charge is -2.45. The van der Waals surface area contributed by atoms with Gasteiger partial charge in [0.05, 0.1) is 43.2 Å². The maximum atomic E-state index is 13.3. The highest BCUT2D eigenvalue weighted by Crippen LogP contribution is 2.36. The Morgan fingerprint density at radius 1 is 0.981 bits per heavy atom. The van der Waals surface area contributed by atoms with Crippen molar-refractivity contribution in [2.75, 3.05) is 82.5 Å². The van der Waals surface area contributed by atoms with Crippen LogP contribution in [0.15, 0.2) is 48.8 Å². The topological polar surface area (TPSA) is 109 Å². The summed E-state index contributed by atoms with van der Waals surface area (Å²) < 4.78 is 57.1. The van der Waals surface area contributed by atoms with Gasteiger partial charge in [-0.1, -0.05) is 19.4 Å². The van der Waals surface area contributed by atoms with Gasteiger partial charge in [0.1, 0.15) is 12.3 Å². The fourth-order valence-corrected chi connectivity index (χ4v) is 7.09. The van der Waals surface area contributed by atoms with E-state index < -0.39 is 17.6 Å². The number of ether oxygens (including phenoxy) is 3. The van der Waals surface area contributed by atoms with Crippen LogP contribution in [0.3, 0.4) is 0 Å². The van der Waals surface area contributed by atoms with Gasteiger partial charge >= 0.3 is 12.1 Å². The first-order chi connectivity index (χ1) is 25.6. The second kappa shape index (κ2) is 17.7. The van der Waals surface area contributed by atoms with E-state index in [0.717, 1.165) is 93.0 Å². The molecule has 53 heavy (non-hydrogen) atoms. The molecule has 2 saturated heterocycles. The molecule has 1 amide bonds. The zero-order valence-corrected chi connectivity index (χ0v) is 30.5. The zero-order valence-electron chi connectivity index (χ0n) is 30.5. The van der Waals surface area contributed by atoms with Gasteiger partial charge in [0.15, 0.2) is 0 Å². The molecule has 6 rings (SSSR count). The molecule has 3 fully saturated rings. The third-order valence-corrected chi connectivity index (χ3v) is 10.2. The molecule has 2 aliphatic heterocycles. The van der Waals surface area contributed by atoms with Crippen molar-refractivity contribution in [1.29, 1.82) is 0 Å². The van der Waals surface area contributed by atoms with Gasteiger partial charge in [-0.2, -0.15) is 13.2 Å². The Kier molecular flexibility index (Phi) is 12.8. The van der Waals surface area contributed by atoms with Crippen LogP contribution in [0.5, 0.6) is 5.88 Å². The lowest BCUT2D eigenvalue weighted by atomic mass is 9.79. The van der Waals surface area contributed by atoms with E-state index in [-0.39, 0.29) is 17.5 Å². The van der Waals surface area contributed by atoms with Gasteiger partial charge in [-0.05, 0) is 62.9 Å². The van der Waals surface area contributed by atoms with Gasteiger partial charge in [0.25, 0.3) is 5.91 Å². The zero-order chi connectivity index (χ0) is 37.4. The minimum Gasteiger partial charge on any atom is -0.475 e. The molecular formula is C39H49F3N6O5. The highest BCUT2D eigenvalue weighted by Gasteiger charge is 2.39. The molecule has 4 heterocycles. The summed E-state index contributed by atoms with van der Waals surface area (Å²) in [6.45, 7) is 11.9. The molecule has 1 N–H and O–H groups in total. The normalized spacial score (nSPS) is 19.8. The number of hydrogen-bond donors (Lipinski definition) is 1. The van der Waals surface area contributed by atoms with E-state index >= 15 is 0 Å². The third-order valence-electron chi connectivity index (χ3n) is 10.2. The summed E-state index contributed by atoms with van der Waals surface area (Å²) in [6, 6.07) is 8.65. The van der Waals surface area contributed by atoms with Crippen LogP contribution in [-0.4, -0.2) is 110 Å². The lowest BCUT2D eigenvalue weighted by molar-refractivity contribution is -0.153. The van der Waals surface area contributed by atoms with Crippen molar-refractivity contribution in [3.05, 3.63) is 65.6 Å². The number of amides is 1. The molecule has 3 aromatic rings. The number of halogens is 3. The number of aryl methyl sites for hydroxylation is 1. The Hall–Kier alpha value is -4.27. The van der Waals surface area contributed by atoms with Gasteiger partial charge < -0.3 is 24.4 Å². The van der Waals surface area contributed by atoms with E-state index in [0.29, 0.717) is 63.5 Å². The van der Waals surface area contributed by atoms with Gasteiger partial charge in [-0.3, -0.25) is 24.4 Å². The third kappa shape index (κ3) is 9.84. The van der Waals surface area contributed by atoms with Crippen molar-refractivity contribution in [2.24, 2.45) is 5.92 Å². The Morgan fingerprint density at radius 2 is 1.75 bits per heavy atom. The number of esters is 1. The quantitative estimate of drug-likeness (QED) is 0.200. The number of aromatic nitrogens is 2. The number of carbonyl (C=O) groups excluding carboxylic acids is 2. The van der Waals surface area contributed by atoms with Crippen LogP contribution in [0.2, 0.25) is 0 Å². The number of pyridine rings is 2. The molecule has 1 aromatic carbocycles. The van der Waals surface area contributed by atoms with Gasteiger partial charge in [-0.25, -0.2) is 4.98 Å². The number of benzene rings is 1. The van der Waals surface area contributed by atoms with Crippen LogP contribution < -0.4 is 15.0 Å². The summed E-state index contributed by atoms with van der Waals surface area (Å²) >= 11 is 0. The summed E-state index contributed by atoms with van der Waals surface area (Å²) in [6.07, 6.45) is 3.07. The number of hydrogen-bond acceptors (Lipinski definition) is 10. The highest BCUT2D eigenvalue weighted by molar-refractivity contribution is 6.04. The number of rotatable bonds is 14. The number of piperazine rings is 1. The summed E-state index contributed by atoms with van der Waals surface area (Å²) in [5, 5.41) is 2.74. The number of anilines is 2. The fourth-order valence-electron chi connectivity index (χ4n) is 7.09. The van der Waals surface area contributed by atoms with Crippen LogP contribution in [0.1, 0.15) is 61.1 Å². The van der Waals surface area contributed by atoms with Gasteiger partial charge in [0.2, 0.25) is 5.88 Å². The summed E-state index contributed by atoms with van der Waals surface area (Å²) in [5.74, 6) is -0.160. The largest absolute Gasteiger partial charge is 0.475 e. The number of morpholine rings is 1. The van der Waals surface area contributed by atoms with E-state index in [1.54, 1.807) is 12.4 Å². The molecule has 1 saturated carbocycles. The van der Waals surface area contributed by atoms with Crippen molar-refractivity contribution >= 4 is 23.3 Å². The molecular weight excluding hydrogens is 689 g/mol. The van der Waals surface area contributed by atoms with Crippen molar-refractivity contribution in [2.45, 2.75) is 58.2 Å². The maximum absolute atomic E-state index is 13.3. The number of carbonyl (C=O) groups is 2. The molecule has 286 valence electrons. The molecule has 2 aromatic heterocycles. The van der Waals surface area contributed by atoms with Crippen LogP contribution in [0, 0.1) is 5.92 Å². The van der Waals surface area contributed by atoms with Crippen LogP contribution in [-0.2, 0) is 26.9 Å². The number of nitrogens with zero attached hydrogens (tertiary/aromatic N) is 5. The van der Waals surface area contributed by atoms with Crippen molar-refractivity contribution in [1.82, 2.24) is 19.8 Å². The first kappa shape index (κ1) is 38.5. The summed E-state index contributed by atoms with van der Waals surface area (Å²) in [7, 11) is 0. The van der Waals surface area contributed by atoms with Crippen LogP contribution in [0.25, 0.3) is 11.1 Å². The Balaban J connectivity index is 1.14. The first-order valence-electron chi connectivity index (χ1n) is 18.7. The average Bonchev–Trinajstić information content (AvgIpc) is 3.14. The van der Waals surface area contributed by atoms with E-state index in [2.05, 4.69) is 31.9 Å². The molecule has 11 nitrogen and oxygen atoms in total. The van der Waals surface area contributed by atoms with E-state index in [9.17, 15) is 22.8 Å². The molecule has 0 atom stereocenters. The Bertz CT molecular complexity index is 1710. The molecule has 1 aliphatic carbocycles. The van der Waals surface area contributed by atoms with Crippen LogP contribution >= 0.6 is 0 Å². The monoisotopic (exact) mass is 738 g/mol. The summed E-state index contributed by atoms with van der Waals surface area (Å²) in [4.78, 5) is 41.6. The Labute approximate surface area is 308 Å². The second-order valence-electron chi connectivity index (χ2n) is 13.8. The van der Waals surface area contributed by atoms with Crippen LogP contribution in [0.4, 0.5) is 24.5 Å². The standard InChI is InChI=1S/C39H49F3N6O5/c1-3-5-9-34-33(24-31(26-43-34)45-36(49)27-7-6-8-30(20-27)39(40,41)42)29-23-35(48-15-17-51-18-16-48)37(44-25-29)53-19-14-46-10-12-47(13-11-46)32-21-28(22-32)38(50)52-4-2/h6-8,20,23-26,28,32H,3-5,9-19,21-22H2,1-2H3,(H,45,49). The number of unbranched alkanes of at least 4 members (excludes halogenated alkanes) is 1. The minimum atomic E-state index is -4.56. The molecule has 0 spiro atoms. The van der Waals surface area contributed by atoms with Gasteiger partial charge in [0, 0.05) is 80.4 Å². The molecule has 0 radical (unpaired) electrons. The smallest absolute Gasteiger partial charge is 0.416 e. The predicted molar refractivity (Wildman–Crippen MR) is 195 cm³/mol. The van der Waals surface area contributed by atoms with Gasteiger partial charge in [-0.15, -0.1) is 0 Å². The summed E-state index contributed by atoms with van der Waals surface area (Å²) in [5.41, 5.74) is 2.64. The van der Waals surface area contributed by atoms with Crippen molar-refractivity contribution in [3.8, 4) is 17.0 Å². The van der Waals surface area contributed by atoms with E-state index in [4.69, 9.17) is 19.2 Å². The number of nitrogens with one attached hydrogen (secondary N) is 1. The minimum absolute atomic E-state index is 0.0352. The molecule has 0 bridgehead atoms. The predicted octanol–water partition coefficient (Wildman–Crippen LogP) is 5.93. The average molecular weight is 739 g/mol. The van der Waals surface area contributed by atoms with Crippen molar-refractivity contribution < 1.29 is 37.0 Å². The molecule has 14 heteroatoms. The van der Waals surface area contributed by atoms with Crippen molar-refractivity contribution in [3.63, 3.8) is 0 Å². The fraction of sp³-hybridized carbons (Fsp3) is 0.538. The highest BCUT2D eigenvalue weighted by atomic mass is 19.4. The SMILES string of the molecule is CCCCc1ncc(NC(=O)c2cccc(C(F)(F)F)c2)cc1-c1cnc(OCCN2CCN(C3CC(C(=O)OCC)C3)CC2)c(N2CCOCC2)c1. The number of alkyl halides is 3. The molecule has 0 unspecified atom stereocenters. The Morgan fingerprint density at radius 3 is 2.47 bits per heavy atom. The van der Waals surface area contributed by atoms with E-state index in [1.807, 2.05) is 19.1 Å².